The third-order valence-electron chi connectivity index (χ3n) is 3.11. The summed E-state index contributed by atoms with van der Waals surface area (Å²) in [4.78, 5) is -0.319. The fourth-order valence-electron chi connectivity index (χ4n) is 1.83. The molecule has 0 fully saturated rings. The van der Waals surface area contributed by atoms with Crippen LogP contribution in [0.5, 0.6) is 5.75 Å². The fraction of sp³-hybridized carbons (Fsp3) is 0.200. The van der Waals surface area contributed by atoms with Crippen molar-refractivity contribution in [2.45, 2.75) is 11.8 Å². The molecule has 0 bridgehead atoms. The minimum atomic E-state index is -4.42. The van der Waals surface area contributed by atoms with Crippen molar-refractivity contribution in [1.29, 1.82) is 0 Å². The lowest BCUT2D eigenvalue weighted by Crippen LogP contribution is -2.00. The Hall–Kier alpha value is -2.45. The smallest absolute Gasteiger partial charge is 0.296 e. The van der Waals surface area contributed by atoms with E-state index in [2.05, 4.69) is 21.6 Å². The first kappa shape index (κ1) is 16.9. The zero-order chi connectivity index (χ0) is 17.0. The maximum absolute atomic E-state index is 11.5. The van der Waals surface area contributed by atoms with Gasteiger partial charge in [0.25, 0.3) is 10.1 Å². The number of methoxy groups -OCH3 is 1. The number of ether oxygens (including phenoxy) is 1. The normalized spacial score (nSPS) is 11.7. The molecule has 1 radical (unpaired) electrons. The maximum Gasteiger partial charge on any atom is 0.296 e. The van der Waals surface area contributed by atoms with Crippen molar-refractivity contribution in [3.05, 3.63) is 42.0 Å². The molecule has 0 saturated carbocycles. The Morgan fingerprint density at radius 3 is 2.52 bits per heavy atom. The predicted octanol–water partition coefficient (Wildman–Crippen LogP) is 3.51. The van der Waals surface area contributed by atoms with E-state index >= 15 is 0 Å². The first-order chi connectivity index (χ1) is 10.8. The largest absolute Gasteiger partial charge is 0.496 e. The van der Waals surface area contributed by atoms with Crippen LogP contribution in [-0.4, -0.2) is 27.1 Å². The number of nitrogens with one attached hydrogen (secondary N) is 1. The standard InChI is InChI=1S/C15H16N3O4S/c1-10-4-6-12(22-3)9-14(10)18-17-13-7-5-11(16-2)8-15(13)23(19,20)21/h4-5,7-9,16H,1-3H3,(H,19,20,21). The highest BCUT2D eigenvalue weighted by Crippen LogP contribution is 2.31. The predicted molar refractivity (Wildman–Crippen MR) is 86.5 cm³/mol. The molecule has 0 spiro atoms. The van der Waals surface area contributed by atoms with E-state index in [1.807, 2.05) is 6.92 Å². The Labute approximate surface area is 134 Å². The van der Waals surface area contributed by atoms with Crippen molar-refractivity contribution in [2.24, 2.45) is 10.2 Å². The summed E-state index contributed by atoms with van der Waals surface area (Å²) in [5.41, 5.74) is 1.89. The quantitative estimate of drug-likeness (QED) is 0.644. The minimum Gasteiger partial charge on any atom is -0.496 e. The van der Waals surface area contributed by atoms with Gasteiger partial charge in [-0.25, -0.2) is 0 Å². The molecule has 23 heavy (non-hydrogen) atoms. The second kappa shape index (κ2) is 6.76. The molecule has 2 aromatic rings. The number of rotatable bonds is 5. The highest BCUT2D eigenvalue weighted by molar-refractivity contribution is 7.86. The number of azo groups is 1. The summed E-state index contributed by atoms with van der Waals surface area (Å²) in [6, 6.07) is 10.6. The van der Waals surface area contributed by atoms with E-state index < -0.39 is 10.1 Å². The molecule has 2 N–H and O–H groups in total. The molecule has 0 aliphatic carbocycles. The third-order valence-corrected chi connectivity index (χ3v) is 4.00. The number of hydrogen-bond acceptors (Lipinski definition) is 6. The maximum atomic E-state index is 11.5. The first-order valence-corrected chi connectivity index (χ1v) is 8.06. The summed E-state index contributed by atoms with van der Waals surface area (Å²) < 4.78 is 37.4. The van der Waals surface area contributed by atoms with Crippen molar-refractivity contribution in [3.8, 4) is 5.75 Å². The van der Waals surface area contributed by atoms with E-state index in [4.69, 9.17) is 4.74 Å². The van der Waals surface area contributed by atoms with Gasteiger partial charge in [-0.05, 0) is 36.8 Å². The number of benzene rings is 2. The average Bonchev–Trinajstić information content (AvgIpc) is 2.53. The van der Waals surface area contributed by atoms with Gasteiger partial charge in [-0.1, -0.05) is 0 Å². The van der Waals surface area contributed by atoms with Gasteiger partial charge in [0, 0.05) is 24.9 Å². The van der Waals surface area contributed by atoms with Gasteiger partial charge in [0.1, 0.15) is 16.3 Å². The van der Waals surface area contributed by atoms with Crippen LogP contribution in [0, 0.1) is 13.0 Å². The molecule has 0 amide bonds. The van der Waals surface area contributed by atoms with Crippen LogP contribution in [-0.2, 0) is 10.1 Å². The topological polar surface area (TPSA) is 100 Å². The highest BCUT2D eigenvalue weighted by Gasteiger charge is 2.16. The molecule has 2 rings (SSSR count). The summed E-state index contributed by atoms with van der Waals surface area (Å²) in [6.45, 7) is 1.82. The SMILES string of the molecule is CNc1ccc(N=Nc2cc(OC)[c]cc2C)c(S(=O)(=O)O)c1. The van der Waals surface area contributed by atoms with Crippen molar-refractivity contribution in [2.75, 3.05) is 19.5 Å². The Balaban J connectivity index is 2.48. The Kier molecular flexibility index (Phi) is 4.97. The molecule has 0 unspecified atom stereocenters. The lowest BCUT2D eigenvalue weighted by atomic mass is 10.2. The monoisotopic (exact) mass is 334 g/mol. The van der Waals surface area contributed by atoms with Gasteiger partial charge in [0.05, 0.1) is 12.8 Å². The van der Waals surface area contributed by atoms with Crippen LogP contribution < -0.4 is 10.1 Å². The van der Waals surface area contributed by atoms with Gasteiger partial charge in [0.15, 0.2) is 0 Å². The number of aryl methyl sites for hydroxylation is 1. The zero-order valence-electron chi connectivity index (χ0n) is 12.9. The molecule has 0 atom stereocenters. The van der Waals surface area contributed by atoms with Crippen LogP contribution in [0.15, 0.2) is 45.5 Å². The molecule has 0 saturated heterocycles. The van der Waals surface area contributed by atoms with Crippen LogP contribution >= 0.6 is 0 Å². The van der Waals surface area contributed by atoms with E-state index in [1.54, 1.807) is 25.2 Å². The Morgan fingerprint density at radius 2 is 1.91 bits per heavy atom. The number of nitrogens with zero attached hydrogens (tertiary/aromatic N) is 2. The van der Waals surface area contributed by atoms with E-state index in [-0.39, 0.29) is 10.6 Å². The molecule has 0 aromatic heterocycles. The third kappa shape index (κ3) is 4.05. The summed E-state index contributed by atoms with van der Waals surface area (Å²) in [5.74, 6) is 0.491. The average molecular weight is 334 g/mol. The molecule has 8 heteroatoms. The molecular formula is C15H16N3O4S. The Morgan fingerprint density at radius 1 is 1.22 bits per heavy atom. The van der Waals surface area contributed by atoms with Gasteiger partial charge in [0.2, 0.25) is 0 Å². The van der Waals surface area contributed by atoms with Crippen molar-refractivity contribution in [3.63, 3.8) is 0 Å². The second-order valence-electron chi connectivity index (χ2n) is 4.68. The van der Waals surface area contributed by atoms with Gasteiger partial charge in [-0.15, -0.1) is 5.11 Å². The van der Waals surface area contributed by atoms with Gasteiger partial charge in [-0.3, -0.25) is 4.55 Å². The van der Waals surface area contributed by atoms with Gasteiger partial charge >= 0.3 is 0 Å². The summed E-state index contributed by atoms with van der Waals surface area (Å²) >= 11 is 0. The molecule has 0 aliphatic heterocycles. The first-order valence-electron chi connectivity index (χ1n) is 6.62. The van der Waals surface area contributed by atoms with Crippen LogP contribution in [0.1, 0.15) is 5.56 Å². The molecule has 0 aliphatic rings. The van der Waals surface area contributed by atoms with Crippen LogP contribution in [0.4, 0.5) is 17.1 Å². The minimum absolute atomic E-state index is 0.0395. The van der Waals surface area contributed by atoms with E-state index in [1.165, 1.54) is 19.2 Å². The summed E-state index contributed by atoms with van der Waals surface area (Å²) in [5, 5.41) is 10.8. The fourth-order valence-corrected chi connectivity index (χ4v) is 2.47. The van der Waals surface area contributed by atoms with Gasteiger partial charge in [-0.2, -0.15) is 13.5 Å². The molecule has 7 nitrogen and oxygen atoms in total. The van der Waals surface area contributed by atoms with Crippen LogP contribution in [0.2, 0.25) is 0 Å². The molecule has 0 heterocycles. The summed E-state index contributed by atoms with van der Waals surface area (Å²) in [7, 11) is -1.27. The summed E-state index contributed by atoms with van der Waals surface area (Å²) in [6.07, 6.45) is 0. The lowest BCUT2D eigenvalue weighted by molar-refractivity contribution is 0.414. The number of hydrogen-bond donors (Lipinski definition) is 2. The van der Waals surface area contributed by atoms with Crippen LogP contribution in [0.25, 0.3) is 0 Å². The van der Waals surface area contributed by atoms with Gasteiger partial charge < -0.3 is 10.1 Å². The number of anilines is 1. The van der Waals surface area contributed by atoms with Crippen LogP contribution in [0.3, 0.4) is 0 Å². The molecule has 121 valence electrons. The van der Waals surface area contributed by atoms with E-state index in [0.29, 0.717) is 17.1 Å². The molecular weight excluding hydrogens is 318 g/mol. The van der Waals surface area contributed by atoms with Crippen molar-refractivity contribution in [1.82, 2.24) is 0 Å². The zero-order valence-corrected chi connectivity index (χ0v) is 13.7. The van der Waals surface area contributed by atoms with Crippen molar-refractivity contribution >= 4 is 27.2 Å². The lowest BCUT2D eigenvalue weighted by Gasteiger charge is -2.06. The van der Waals surface area contributed by atoms with Crippen molar-refractivity contribution < 1.29 is 17.7 Å². The van der Waals surface area contributed by atoms with E-state index in [9.17, 15) is 13.0 Å². The second-order valence-corrected chi connectivity index (χ2v) is 6.07. The highest BCUT2D eigenvalue weighted by atomic mass is 32.2. The van der Waals surface area contributed by atoms with E-state index in [0.717, 1.165) is 5.56 Å². The molecule has 2 aromatic carbocycles. The Bertz CT molecular complexity index is 848.